The molecule has 1 fully saturated rings. The van der Waals surface area contributed by atoms with Crippen molar-refractivity contribution < 1.29 is 14.6 Å². The number of nitrogens with one attached hydrogen (secondary N) is 2. The number of hydrogen-bond acceptors (Lipinski definition) is 8. The molecule has 0 amide bonds. The second-order valence-corrected chi connectivity index (χ2v) is 7.28. The summed E-state index contributed by atoms with van der Waals surface area (Å²) < 4.78 is 11.3. The molecule has 2 aromatic rings. The third kappa shape index (κ3) is 6.20. The smallest absolute Gasteiger partial charge is 0.229 e. The summed E-state index contributed by atoms with van der Waals surface area (Å²) in [4.78, 5) is 11.1. The minimum absolute atomic E-state index is 0.209. The molecule has 1 aliphatic heterocycles. The van der Waals surface area contributed by atoms with Crippen LogP contribution in [0.3, 0.4) is 0 Å². The molecule has 0 unspecified atom stereocenters. The number of methoxy groups -OCH3 is 1. The van der Waals surface area contributed by atoms with Crippen LogP contribution in [-0.2, 0) is 0 Å². The van der Waals surface area contributed by atoms with E-state index in [1.54, 1.807) is 7.11 Å². The first-order valence-corrected chi connectivity index (χ1v) is 10.1. The maximum absolute atomic E-state index is 10.4. The number of aliphatic hydroxyl groups excluding tert-OH is 1. The highest BCUT2D eigenvalue weighted by atomic mass is 16.5. The van der Waals surface area contributed by atoms with Gasteiger partial charge in [-0.25, -0.2) is 4.98 Å². The van der Waals surface area contributed by atoms with E-state index in [9.17, 15) is 5.11 Å². The molecule has 8 nitrogen and oxygen atoms in total. The van der Waals surface area contributed by atoms with Crippen LogP contribution in [0.1, 0.15) is 25.0 Å². The molecule has 0 aliphatic carbocycles. The fourth-order valence-electron chi connectivity index (χ4n) is 3.43. The molecular weight excluding hydrogens is 370 g/mol. The Bertz CT molecular complexity index is 796. The Hall–Kier alpha value is -2.58. The normalized spacial score (nSPS) is 15.6. The number of aromatic nitrogens is 2. The van der Waals surface area contributed by atoms with Crippen molar-refractivity contribution >= 4 is 17.5 Å². The lowest BCUT2D eigenvalue weighted by Gasteiger charge is -2.28. The zero-order chi connectivity index (χ0) is 20.6. The van der Waals surface area contributed by atoms with Gasteiger partial charge in [0, 0.05) is 37.1 Å². The van der Waals surface area contributed by atoms with E-state index in [4.69, 9.17) is 9.47 Å². The molecule has 158 valence electrons. The van der Waals surface area contributed by atoms with Gasteiger partial charge in [-0.2, -0.15) is 4.98 Å². The number of aryl methyl sites for hydroxylation is 1. The molecular formula is C21H31N5O3. The highest BCUT2D eigenvalue weighted by molar-refractivity contribution is 5.60. The first-order chi connectivity index (χ1) is 14.1. The minimum atomic E-state index is -0.548. The van der Waals surface area contributed by atoms with Crippen molar-refractivity contribution in [3.05, 3.63) is 30.0 Å². The van der Waals surface area contributed by atoms with Gasteiger partial charge in [-0.15, -0.1) is 0 Å². The summed E-state index contributed by atoms with van der Waals surface area (Å²) in [7, 11) is 3.42. The molecule has 8 heteroatoms. The Morgan fingerprint density at radius 2 is 1.93 bits per heavy atom. The second kappa shape index (κ2) is 10.3. The van der Waals surface area contributed by atoms with Crippen LogP contribution < -0.4 is 20.1 Å². The molecule has 0 bridgehead atoms. The van der Waals surface area contributed by atoms with Gasteiger partial charge in [0.25, 0.3) is 0 Å². The van der Waals surface area contributed by atoms with E-state index in [-0.39, 0.29) is 6.61 Å². The topological polar surface area (TPSA) is 91.8 Å². The number of anilines is 3. The van der Waals surface area contributed by atoms with Crippen molar-refractivity contribution in [2.45, 2.75) is 32.3 Å². The standard InChI is InChI=1S/C21H31N5O3/c1-15-11-20(22-2)25-21(23-15)24-16-7-8-18(28-3)19(12-16)29-14-17(27)13-26-9-5-4-6-10-26/h7-8,11-12,17,27H,4-6,9-10,13-14H2,1-3H3,(H2,22,23,24,25)/t17-/m1/s1. The van der Waals surface area contributed by atoms with E-state index in [1.807, 2.05) is 38.2 Å². The lowest BCUT2D eigenvalue weighted by molar-refractivity contribution is 0.0608. The average Bonchev–Trinajstić information content (AvgIpc) is 2.72. The van der Waals surface area contributed by atoms with Crippen LogP contribution in [0.25, 0.3) is 0 Å². The van der Waals surface area contributed by atoms with Crippen LogP contribution in [0.2, 0.25) is 0 Å². The Kier molecular flexibility index (Phi) is 7.48. The summed E-state index contributed by atoms with van der Waals surface area (Å²) >= 11 is 0. The Morgan fingerprint density at radius 3 is 2.66 bits per heavy atom. The van der Waals surface area contributed by atoms with Gasteiger partial charge in [0.2, 0.25) is 5.95 Å². The molecule has 2 heterocycles. The summed E-state index contributed by atoms with van der Waals surface area (Å²) in [5.74, 6) is 2.42. The van der Waals surface area contributed by atoms with Crippen LogP contribution in [0, 0.1) is 6.92 Å². The van der Waals surface area contributed by atoms with Gasteiger partial charge in [-0.05, 0) is 45.0 Å². The molecule has 3 N–H and O–H groups in total. The number of β-amino-alcohol motifs (C(OH)–C–C–N with tert-alkyl or cyclic N) is 1. The van der Waals surface area contributed by atoms with E-state index in [1.165, 1.54) is 19.3 Å². The third-order valence-electron chi connectivity index (χ3n) is 4.88. The molecule has 1 saturated heterocycles. The first-order valence-electron chi connectivity index (χ1n) is 10.1. The number of rotatable bonds is 9. The maximum Gasteiger partial charge on any atom is 0.229 e. The number of benzene rings is 1. The largest absolute Gasteiger partial charge is 0.493 e. The molecule has 3 rings (SSSR count). The molecule has 1 aromatic carbocycles. The highest BCUT2D eigenvalue weighted by Gasteiger charge is 2.16. The number of piperidine rings is 1. The highest BCUT2D eigenvalue weighted by Crippen LogP contribution is 2.31. The predicted octanol–water partition coefficient (Wildman–Crippen LogP) is 2.80. The van der Waals surface area contributed by atoms with Gasteiger partial charge in [0.05, 0.1) is 7.11 Å². The molecule has 0 spiro atoms. The molecule has 0 saturated carbocycles. The van der Waals surface area contributed by atoms with Crippen molar-refractivity contribution in [3.8, 4) is 11.5 Å². The summed E-state index contributed by atoms with van der Waals surface area (Å²) in [6.07, 6.45) is 3.13. The van der Waals surface area contributed by atoms with Crippen molar-refractivity contribution in [1.82, 2.24) is 14.9 Å². The monoisotopic (exact) mass is 401 g/mol. The van der Waals surface area contributed by atoms with Crippen molar-refractivity contribution in [3.63, 3.8) is 0 Å². The Morgan fingerprint density at radius 1 is 1.14 bits per heavy atom. The van der Waals surface area contributed by atoms with E-state index in [0.717, 1.165) is 30.3 Å². The van der Waals surface area contributed by atoms with E-state index >= 15 is 0 Å². The van der Waals surface area contributed by atoms with Crippen LogP contribution in [-0.4, -0.2) is 66.5 Å². The van der Waals surface area contributed by atoms with E-state index in [0.29, 0.717) is 24.0 Å². The maximum atomic E-state index is 10.4. The number of aliphatic hydroxyl groups is 1. The predicted molar refractivity (Wildman–Crippen MR) is 114 cm³/mol. The number of likely N-dealkylation sites (tertiary alicyclic amines) is 1. The number of ether oxygens (including phenoxy) is 2. The second-order valence-electron chi connectivity index (χ2n) is 7.28. The van der Waals surface area contributed by atoms with Crippen LogP contribution in [0.4, 0.5) is 17.5 Å². The van der Waals surface area contributed by atoms with Gasteiger partial charge in [-0.1, -0.05) is 6.42 Å². The summed E-state index contributed by atoms with van der Waals surface area (Å²) in [6, 6.07) is 7.40. The summed E-state index contributed by atoms with van der Waals surface area (Å²) in [5, 5.41) is 16.6. The Labute approximate surface area is 172 Å². The van der Waals surface area contributed by atoms with Gasteiger partial charge >= 0.3 is 0 Å². The zero-order valence-electron chi connectivity index (χ0n) is 17.4. The van der Waals surface area contributed by atoms with Crippen molar-refractivity contribution in [2.75, 3.05) is 51.0 Å². The Balaban J connectivity index is 1.64. The summed E-state index contributed by atoms with van der Waals surface area (Å²) in [5.41, 5.74) is 1.64. The fourth-order valence-corrected chi connectivity index (χ4v) is 3.43. The van der Waals surface area contributed by atoms with Gasteiger partial charge in [-0.3, -0.25) is 0 Å². The molecule has 1 aliphatic rings. The van der Waals surface area contributed by atoms with Crippen LogP contribution >= 0.6 is 0 Å². The fraction of sp³-hybridized carbons (Fsp3) is 0.524. The third-order valence-corrected chi connectivity index (χ3v) is 4.88. The SMILES string of the molecule is CNc1cc(C)nc(Nc2ccc(OC)c(OC[C@H](O)CN3CCCCC3)c2)n1. The zero-order valence-corrected chi connectivity index (χ0v) is 17.4. The van der Waals surface area contributed by atoms with Gasteiger partial charge in [0.1, 0.15) is 18.5 Å². The number of nitrogens with zero attached hydrogens (tertiary/aromatic N) is 3. The molecule has 0 radical (unpaired) electrons. The molecule has 29 heavy (non-hydrogen) atoms. The summed E-state index contributed by atoms with van der Waals surface area (Å²) in [6.45, 7) is 4.85. The van der Waals surface area contributed by atoms with Gasteiger partial charge < -0.3 is 30.1 Å². The lowest BCUT2D eigenvalue weighted by Crippen LogP contribution is -2.38. The van der Waals surface area contributed by atoms with E-state index < -0.39 is 6.10 Å². The minimum Gasteiger partial charge on any atom is -0.493 e. The van der Waals surface area contributed by atoms with Crippen LogP contribution in [0.15, 0.2) is 24.3 Å². The molecule has 1 aromatic heterocycles. The first kappa shape index (κ1) is 21.1. The van der Waals surface area contributed by atoms with Crippen molar-refractivity contribution in [1.29, 1.82) is 0 Å². The van der Waals surface area contributed by atoms with Crippen molar-refractivity contribution in [2.24, 2.45) is 0 Å². The average molecular weight is 402 g/mol. The lowest BCUT2D eigenvalue weighted by atomic mass is 10.1. The van der Waals surface area contributed by atoms with Crippen LogP contribution in [0.5, 0.6) is 11.5 Å². The number of hydrogen-bond donors (Lipinski definition) is 3. The van der Waals surface area contributed by atoms with E-state index in [2.05, 4.69) is 25.5 Å². The van der Waals surface area contributed by atoms with Gasteiger partial charge in [0.15, 0.2) is 11.5 Å². The molecule has 1 atom stereocenters. The quantitative estimate of drug-likeness (QED) is 0.591.